The molecule has 98 valence electrons. The van der Waals surface area contributed by atoms with Crippen LogP contribution in [0, 0.1) is 6.92 Å². The van der Waals surface area contributed by atoms with Crippen molar-refractivity contribution in [3.05, 3.63) is 5.82 Å². The van der Waals surface area contributed by atoms with Crippen LogP contribution in [0.3, 0.4) is 0 Å². The van der Waals surface area contributed by atoms with E-state index in [4.69, 9.17) is 4.74 Å². The summed E-state index contributed by atoms with van der Waals surface area (Å²) in [5, 5.41) is 18.5. The first kappa shape index (κ1) is 14.5. The minimum absolute atomic E-state index is 0.393. The van der Waals surface area contributed by atoms with Crippen LogP contribution < -0.4 is 0 Å². The molecule has 17 heavy (non-hydrogen) atoms. The molecule has 1 unspecified atom stereocenters. The van der Waals surface area contributed by atoms with E-state index in [2.05, 4.69) is 17.1 Å². The van der Waals surface area contributed by atoms with E-state index in [-0.39, 0.29) is 0 Å². The monoisotopic (exact) mass is 259 g/mol. The van der Waals surface area contributed by atoms with Gasteiger partial charge in [0.25, 0.3) is 0 Å². The fourth-order valence-electron chi connectivity index (χ4n) is 1.20. The number of rotatable bonds is 8. The number of nitrogens with zero attached hydrogens (tertiary/aromatic N) is 3. The predicted molar refractivity (Wildman–Crippen MR) is 68.2 cm³/mol. The molecule has 1 aromatic rings. The molecule has 0 radical (unpaired) electrons. The van der Waals surface area contributed by atoms with Gasteiger partial charge in [0.2, 0.25) is 0 Å². The zero-order chi connectivity index (χ0) is 12.7. The third-order valence-electron chi connectivity index (χ3n) is 2.41. The average Bonchev–Trinajstić information content (AvgIpc) is 2.63. The van der Waals surface area contributed by atoms with Crippen LogP contribution in [-0.4, -0.2) is 44.9 Å². The van der Waals surface area contributed by atoms with E-state index in [1.807, 2.05) is 18.5 Å². The van der Waals surface area contributed by atoms with Gasteiger partial charge in [0.15, 0.2) is 5.16 Å². The molecule has 1 heterocycles. The first-order valence-electron chi connectivity index (χ1n) is 5.89. The Morgan fingerprint density at radius 2 is 2.24 bits per heavy atom. The van der Waals surface area contributed by atoms with E-state index >= 15 is 0 Å². The molecule has 0 bridgehead atoms. The van der Waals surface area contributed by atoms with Gasteiger partial charge in [-0.15, -0.1) is 10.2 Å². The van der Waals surface area contributed by atoms with E-state index in [1.54, 1.807) is 0 Å². The maximum atomic E-state index is 9.70. The molecular weight excluding hydrogens is 238 g/mol. The van der Waals surface area contributed by atoms with Crippen molar-refractivity contribution in [2.75, 3.05) is 19.0 Å². The molecular formula is C11H21N3O2S. The summed E-state index contributed by atoms with van der Waals surface area (Å²) in [6.07, 6.45) is 1.71. The van der Waals surface area contributed by atoms with Gasteiger partial charge in [0.05, 0.1) is 12.7 Å². The van der Waals surface area contributed by atoms with Crippen LogP contribution in [0.1, 0.15) is 25.6 Å². The van der Waals surface area contributed by atoms with Crippen molar-refractivity contribution in [1.82, 2.24) is 14.8 Å². The molecule has 0 spiro atoms. The van der Waals surface area contributed by atoms with Crippen LogP contribution in [0.25, 0.3) is 0 Å². The molecule has 0 fully saturated rings. The molecule has 1 atom stereocenters. The minimum atomic E-state index is -0.450. The lowest BCUT2D eigenvalue weighted by atomic mass is 10.3. The average molecular weight is 259 g/mol. The van der Waals surface area contributed by atoms with Crippen LogP contribution in [0.15, 0.2) is 5.16 Å². The lowest BCUT2D eigenvalue weighted by molar-refractivity contribution is 0.0473. The molecule has 0 aromatic carbocycles. The van der Waals surface area contributed by atoms with Crippen molar-refractivity contribution in [2.24, 2.45) is 7.05 Å². The van der Waals surface area contributed by atoms with Crippen molar-refractivity contribution in [3.63, 3.8) is 0 Å². The molecule has 0 saturated carbocycles. The fraction of sp³-hybridized carbons (Fsp3) is 0.818. The number of aliphatic hydroxyl groups is 1. The molecule has 1 rings (SSSR count). The molecule has 1 aromatic heterocycles. The van der Waals surface area contributed by atoms with E-state index in [9.17, 15) is 5.11 Å². The normalized spacial score (nSPS) is 12.9. The van der Waals surface area contributed by atoms with Crippen LogP contribution in [0.5, 0.6) is 0 Å². The third kappa shape index (κ3) is 5.06. The van der Waals surface area contributed by atoms with Gasteiger partial charge in [-0.3, -0.25) is 0 Å². The standard InChI is InChI=1S/C11H21N3O2S/c1-4-5-6-16-7-10(15)8-17-11-13-12-9(2)14(11)3/h10,15H,4-8H2,1-3H3. The van der Waals surface area contributed by atoms with E-state index in [0.29, 0.717) is 12.4 Å². The Balaban J connectivity index is 2.19. The smallest absolute Gasteiger partial charge is 0.191 e. The molecule has 0 aliphatic rings. The van der Waals surface area contributed by atoms with Crippen molar-refractivity contribution >= 4 is 11.8 Å². The Morgan fingerprint density at radius 1 is 1.47 bits per heavy atom. The fourth-order valence-corrected chi connectivity index (χ4v) is 2.06. The van der Waals surface area contributed by atoms with Gasteiger partial charge >= 0.3 is 0 Å². The highest BCUT2D eigenvalue weighted by Gasteiger charge is 2.09. The van der Waals surface area contributed by atoms with Crippen molar-refractivity contribution < 1.29 is 9.84 Å². The van der Waals surface area contributed by atoms with Gasteiger partial charge in [-0.05, 0) is 13.3 Å². The van der Waals surface area contributed by atoms with Gasteiger partial charge in [0, 0.05) is 19.4 Å². The molecule has 0 aliphatic carbocycles. The molecule has 0 amide bonds. The van der Waals surface area contributed by atoms with Crippen molar-refractivity contribution in [2.45, 2.75) is 37.9 Å². The molecule has 5 nitrogen and oxygen atoms in total. The first-order chi connectivity index (χ1) is 8.15. The summed E-state index contributed by atoms with van der Waals surface area (Å²) in [5.74, 6) is 1.46. The SMILES string of the molecule is CCCCOCC(O)CSc1nnc(C)n1C. The summed E-state index contributed by atoms with van der Waals surface area (Å²) < 4.78 is 7.27. The third-order valence-corrected chi connectivity index (χ3v) is 3.58. The number of hydrogen-bond donors (Lipinski definition) is 1. The van der Waals surface area contributed by atoms with Gasteiger partial charge in [-0.1, -0.05) is 25.1 Å². The second-order valence-corrected chi connectivity index (χ2v) is 4.97. The number of aliphatic hydroxyl groups excluding tert-OH is 1. The number of aryl methyl sites for hydroxylation is 1. The largest absolute Gasteiger partial charge is 0.390 e. The molecule has 1 N–H and O–H groups in total. The summed E-state index contributed by atoms with van der Waals surface area (Å²) in [5.41, 5.74) is 0. The van der Waals surface area contributed by atoms with Crippen molar-refractivity contribution in [1.29, 1.82) is 0 Å². The highest BCUT2D eigenvalue weighted by atomic mass is 32.2. The zero-order valence-corrected chi connectivity index (χ0v) is 11.5. The summed E-state index contributed by atoms with van der Waals surface area (Å²) in [6, 6.07) is 0. The van der Waals surface area contributed by atoms with E-state index in [0.717, 1.165) is 30.4 Å². The summed E-state index contributed by atoms with van der Waals surface area (Å²) in [4.78, 5) is 0. The second-order valence-electron chi connectivity index (χ2n) is 3.98. The van der Waals surface area contributed by atoms with Crippen LogP contribution >= 0.6 is 11.8 Å². The predicted octanol–water partition coefficient (Wildman–Crippen LogP) is 1.39. The van der Waals surface area contributed by atoms with Crippen LogP contribution in [0.4, 0.5) is 0 Å². The Kier molecular flexibility index (Phi) is 6.54. The Bertz CT molecular complexity index is 331. The summed E-state index contributed by atoms with van der Waals surface area (Å²) >= 11 is 1.50. The maximum absolute atomic E-state index is 9.70. The lowest BCUT2D eigenvalue weighted by Crippen LogP contribution is -2.18. The highest BCUT2D eigenvalue weighted by Crippen LogP contribution is 2.16. The number of ether oxygens (including phenoxy) is 1. The number of hydrogen-bond acceptors (Lipinski definition) is 5. The first-order valence-corrected chi connectivity index (χ1v) is 6.88. The molecule has 6 heteroatoms. The highest BCUT2D eigenvalue weighted by molar-refractivity contribution is 7.99. The topological polar surface area (TPSA) is 60.2 Å². The lowest BCUT2D eigenvalue weighted by Gasteiger charge is -2.10. The summed E-state index contributed by atoms with van der Waals surface area (Å²) in [7, 11) is 1.92. The zero-order valence-electron chi connectivity index (χ0n) is 10.7. The Hall–Kier alpha value is -0.590. The van der Waals surface area contributed by atoms with Gasteiger partial charge < -0.3 is 14.4 Å². The Labute approximate surface area is 107 Å². The molecule has 0 aliphatic heterocycles. The Morgan fingerprint density at radius 3 is 2.82 bits per heavy atom. The maximum Gasteiger partial charge on any atom is 0.191 e. The van der Waals surface area contributed by atoms with E-state index in [1.165, 1.54) is 11.8 Å². The minimum Gasteiger partial charge on any atom is -0.390 e. The van der Waals surface area contributed by atoms with Gasteiger partial charge in [-0.25, -0.2) is 0 Å². The van der Waals surface area contributed by atoms with Gasteiger partial charge in [-0.2, -0.15) is 0 Å². The van der Waals surface area contributed by atoms with Gasteiger partial charge in [0.1, 0.15) is 5.82 Å². The second kappa shape index (κ2) is 7.68. The quantitative estimate of drug-likeness (QED) is 0.565. The number of thioether (sulfide) groups is 1. The van der Waals surface area contributed by atoms with Crippen LogP contribution in [0.2, 0.25) is 0 Å². The summed E-state index contributed by atoms with van der Waals surface area (Å²) in [6.45, 7) is 5.14. The van der Waals surface area contributed by atoms with Crippen molar-refractivity contribution in [3.8, 4) is 0 Å². The number of unbranched alkanes of at least 4 members (excludes halogenated alkanes) is 1. The number of aromatic nitrogens is 3. The van der Waals surface area contributed by atoms with Crippen LogP contribution in [-0.2, 0) is 11.8 Å². The molecule has 0 saturated heterocycles. The van der Waals surface area contributed by atoms with E-state index < -0.39 is 6.10 Å².